The van der Waals surface area contributed by atoms with Gasteiger partial charge in [0.05, 0.1) is 21.8 Å². The average molecular weight is 370 g/mol. The molecule has 0 bridgehead atoms. The molecule has 0 saturated heterocycles. The van der Waals surface area contributed by atoms with Gasteiger partial charge in [0.25, 0.3) is 0 Å². The molecule has 1 amide bonds. The van der Waals surface area contributed by atoms with E-state index in [-0.39, 0.29) is 5.91 Å². The molecule has 1 unspecified atom stereocenters. The lowest BCUT2D eigenvalue weighted by Gasteiger charge is -2.14. The van der Waals surface area contributed by atoms with Gasteiger partial charge >= 0.3 is 0 Å². The first-order valence-corrected chi connectivity index (χ1v) is 7.20. The fourth-order valence-electron chi connectivity index (χ4n) is 1.46. The van der Waals surface area contributed by atoms with Crippen molar-refractivity contribution in [1.82, 2.24) is 0 Å². The monoisotopic (exact) mass is 368 g/mol. The normalized spacial score (nSPS) is 12.3. The molecule has 1 rings (SSSR count). The number of amides is 1. The summed E-state index contributed by atoms with van der Waals surface area (Å²) in [5, 5.41) is 3.36. The molecule has 3 N–H and O–H groups in total. The molecular weight excluding hydrogens is 355 g/mol. The van der Waals surface area contributed by atoms with Crippen LogP contribution >= 0.6 is 39.1 Å². The summed E-state index contributed by atoms with van der Waals surface area (Å²) in [6.07, 6.45) is 1.25. The Kier molecular flexibility index (Phi) is 7.10. The summed E-state index contributed by atoms with van der Waals surface area (Å²) < 4.78 is 5.65. The van der Waals surface area contributed by atoms with E-state index in [1.54, 1.807) is 19.2 Å². The number of hydrogen-bond acceptors (Lipinski definition) is 3. The number of halogens is 3. The number of rotatable bonds is 6. The Labute approximate surface area is 130 Å². The van der Waals surface area contributed by atoms with Gasteiger partial charge in [0.2, 0.25) is 5.91 Å². The van der Waals surface area contributed by atoms with Crippen molar-refractivity contribution in [3.8, 4) is 0 Å². The number of methoxy groups -OCH3 is 1. The van der Waals surface area contributed by atoms with Crippen molar-refractivity contribution in [3.63, 3.8) is 0 Å². The highest BCUT2D eigenvalue weighted by Crippen LogP contribution is 2.33. The standard InChI is InChI=1S/C12H15BrCl2N2O2/c1-19-4-2-3-10(16)12(18)17-11-8(14)5-7(13)6-9(11)15/h5-6,10H,2-4,16H2,1H3,(H,17,18). The van der Waals surface area contributed by atoms with Crippen LogP contribution in [-0.2, 0) is 9.53 Å². The molecule has 0 radical (unpaired) electrons. The first-order valence-electron chi connectivity index (χ1n) is 5.65. The molecule has 0 spiro atoms. The second-order valence-corrected chi connectivity index (χ2v) is 5.71. The molecule has 0 aliphatic rings. The van der Waals surface area contributed by atoms with Gasteiger partial charge in [-0.15, -0.1) is 0 Å². The van der Waals surface area contributed by atoms with Gasteiger partial charge in [-0.1, -0.05) is 39.1 Å². The van der Waals surface area contributed by atoms with E-state index in [0.29, 0.717) is 35.2 Å². The van der Waals surface area contributed by atoms with Gasteiger partial charge in [0, 0.05) is 18.2 Å². The van der Waals surface area contributed by atoms with Crippen LogP contribution in [0.15, 0.2) is 16.6 Å². The number of hydrogen-bond donors (Lipinski definition) is 2. The van der Waals surface area contributed by atoms with Gasteiger partial charge in [-0.05, 0) is 25.0 Å². The van der Waals surface area contributed by atoms with Gasteiger partial charge in [0.1, 0.15) is 0 Å². The third-order valence-electron chi connectivity index (χ3n) is 2.46. The first-order chi connectivity index (χ1) is 8.95. The molecule has 1 aromatic rings. The molecule has 0 heterocycles. The van der Waals surface area contributed by atoms with Gasteiger partial charge < -0.3 is 15.8 Å². The van der Waals surface area contributed by atoms with Gasteiger partial charge in [-0.3, -0.25) is 4.79 Å². The Balaban J connectivity index is 2.66. The van der Waals surface area contributed by atoms with E-state index in [1.807, 2.05) is 0 Å². The van der Waals surface area contributed by atoms with Crippen LogP contribution in [0.3, 0.4) is 0 Å². The lowest BCUT2D eigenvalue weighted by molar-refractivity contribution is -0.117. The number of ether oxygens (including phenoxy) is 1. The van der Waals surface area contributed by atoms with Crippen LogP contribution in [0.1, 0.15) is 12.8 Å². The van der Waals surface area contributed by atoms with Crippen LogP contribution in [0.25, 0.3) is 0 Å². The van der Waals surface area contributed by atoms with E-state index in [4.69, 9.17) is 33.7 Å². The quantitative estimate of drug-likeness (QED) is 0.755. The largest absolute Gasteiger partial charge is 0.385 e. The summed E-state index contributed by atoms with van der Waals surface area (Å²) in [6, 6.07) is 2.69. The van der Waals surface area contributed by atoms with Crippen molar-refractivity contribution in [2.75, 3.05) is 19.0 Å². The highest BCUT2D eigenvalue weighted by atomic mass is 79.9. The molecule has 0 aromatic heterocycles. The highest BCUT2D eigenvalue weighted by molar-refractivity contribution is 9.10. The van der Waals surface area contributed by atoms with E-state index in [1.165, 1.54) is 0 Å². The van der Waals surface area contributed by atoms with E-state index in [0.717, 1.165) is 4.47 Å². The summed E-state index contributed by atoms with van der Waals surface area (Å²) in [5.74, 6) is -0.317. The van der Waals surface area contributed by atoms with E-state index in [9.17, 15) is 4.79 Å². The molecule has 0 aliphatic heterocycles. The average Bonchev–Trinajstić information content (AvgIpc) is 2.33. The minimum Gasteiger partial charge on any atom is -0.385 e. The fraction of sp³-hybridized carbons (Fsp3) is 0.417. The fourth-order valence-corrected chi connectivity index (χ4v) is 2.76. The molecule has 0 aliphatic carbocycles. The number of carbonyl (C=O) groups excluding carboxylic acids is 1. The Hall–Kier alpha value is -0.330. The summed E-state index contributed by atoms with van der Waals surface area (Å²) in [6.45, 7) is 0.570. The summed E-state index contributed by atoms with van der Waals surface area (Å²) in [4.78, 5) is 11.9. The lowest BCUT2D eigenvalue weighted by Crippen LogP contribution is -2.35. The van der Waals surface area contributed by atoms with E-state index >= 15 is 0 Å². The number of anilines is 1. The SMILES string of the molecule is COCCCC(N)C(=O)Nc1c(Cl)cc(Br)cc1Cl. The van der Waals surface area contributed by atoms with Crippen molar-refractivity contribution in [2.24, 2.45) is 5.73 Å². The third-order valence-corrected chi connectivity index (χ3v) is 3.51. The maximum absolute atomic E-state index is 11.9. The van der Waals surface area contributed by atoms with Crippen LogP contribution in [0.5, 0.6) is 0 Å². The van der Waals surface area contributed by atoms with Gasteiger partial charge in [0.15, 0.2) is 0 Å². The Morgan fingerprint density at radius 1 is 1.47 bits per heavy atom. The van der Waals surface area contributed by atoms with Crippen molar-refractivity contribution < 1.29 is 9.53 Å². The minimum absolute atomic E-state index is 0.317. The maximum atomic E-state index is 11.9. The highest BCUT2D eigenvalue weighted by Gasteiger charge is 2.16. The van der Waals surface area contributed by atoms with E-state index < -0.39 is 6.04 Å². The maximum Gasteiger partial charge on any atom is 0.241 e. The predicted octanol–water partition coefficient (Wildman–Crippen LogP) is 3.45. The Morgan fingerprint density at radius 3 is 2.58 bits per heavy atom. The summed E-state index contributed by atoms with van der Waals surface area (Å²) >= 11 is 15.3. The van der Waals surface area contributed by atoms with Crippen LogP contribution in [0, 0.1) is 0 Å². The smallest absolute Gasteiger partial charge is 0.241 e. The van der Waals surface area contributed by atoms with Crippen molar-refractivity contribution in [3.05, 3.63) is 26.7 Å². The molecule has 7 heteroatoms. The van der Waals surface area contributed by atoms with Crippen molar-refractivity contribution >= 4 is 50.7 Å². The molecule has 1 aromatic carbocycles. The van der Waals surface area contributed by atoms with Crippen LogP contribution < -0.4 is 11.1 Å². The van der Waals surface area contributed by atoms with E-state index in [2.05, 4.69) is 21.2 Å². The molecule has 0 saturated carbocycles. The number of carbonyl (C=O) groups is 1. The Morgan fingerprint density at radius 2 is 2.05 bits per heavy atom. The molecule has 4 nitrogen and oxygen atoms in total. The zero-order valence-corrected chi connectivity index (χ0v) is 13.5. The minimum atomic E-state index is -0.620. The number of nitrogens with one attached hydrogen (secondary N) is 1. The van der Waals surface area contributed by atoms with Crippen molar-refractivity contribution in [2.45, 2.75) is 18.9 Å². The lowest BCUT2D eigenvalue weighted by atomic mass is 10.1. The zero-order valence-electron chi connectivity index (χ0n) is 10.4. The number of nitrogens with two attached hydrogens (primary N) is 1. The second-order valence-electron chi connectivity index (χ2n) is 3.98. The predicted molar refractivity (Wildman–Crippen MR) is 81.9 cm³/mol. The van der Waals surface area contributed by atoms with Crippen molar-refractivity contribution in [1.29, 1.82) is 0 Å². The second kappa shape index (κ2) is 8.07. The summed E-state index contributed by atoms with van der Waals surface area (Å²) in [5.41, 5.74) is 6.15. The molecular formula is C12H15BrCl2N2O2. The molecule has 106 valence electrons. The Bertz CT molecular complexity index is 434. The van der Waals surface area contributed by atoms with Crippen LogP contribution in [0.2, 0.25) is 10.0 Å². The van der Waals surface area contributed by atoms with Gasteiger partial charge in [-0.25, -0.2) is 0 Å². The van der Waals surface area contributed by atoms with Gasteiger partial charge in [-0.2, -0.15) is 0 Å². The topological polar surface area (TPSA) is 64.3 Å². The third kappa shape index (κ3) is 5.28. The number of benzene rings is 1. The molecule has 1 atom stereocenters. The molecule has 19 heavy (non-hydrogen) atoms. The summed E-state index contributed by atoms with van der Waals surface area (Å²) in [7, 11) is 1.60. The molecule has 0 fully saturated rings. The van der Waals surface area contributed by atoms with Crippen LogP contribution in [-0.4, -0.2) is 25.7 Å². The first kappa shape index (κ1) is 16.7. The van der Waals surface area contributed by atoms with Crippen LogP contribution in [0.4, 0.5) is 5.69 Å². The zero-order chi connectivity index (χ0) is 14.4.